The van der Waals surface area contributed by atoms with Gasteiger partial charge in [-0.05, 0) is 31.3 Å². The van der Waals surface area contributed by atoms with Crippen molar-refractivity contribution in [3.8, 4) is 5.75 Å². The van der Waals surface area contributed by atoms with Crippen molar-refractivity contribution < 1.29 is 14.1 Å². The number of nitro benzene ring substituents is 1. The van der Waals surface area contributed by atoms with Gasteiger partial charge in [0, 0.05) is 18.6 Å². The van der Waals surface area contributed by atoms with Crippen molar-refractivity contribution >= 4 is 5.69 Å². The predicted molar refractivity (Wildman–Crippen MR) is 73.7 cm³/mol. The lowest BCUT2D eigenvalue weighted by molar-refractivity contribution is -0.384. The molecule has 0 fully saturated rings. The fourth-order valence-corrected chi connectivity index (χ4v) is 1.88. The van der Waals surface area contributed by atoms with Crippen molar-refractivity contribution in [3.05, 3.63) is 58.5 Å². The van der Waals surface area contributed by atoms with Gasteiger partial charge in [0.2, 0.25) is 0 Å². The number of nitrogens with zero attached hydrogens (tertiary/aromatic N) is 1. The number of ether oxygens (including phenoxy) is 1. The largest absolute Gasteiger partial charge is 0.494 e. The van der Waals surface area contributed by atoms with Crippen LogP contribution in [-0.2, 0) is 0 Å². The summed E-state index contributed by atoms with van der Waals surface area (Å²) in [5, 5.41) is 13.7. The molecule has 0 aliphatic carbocycles. The van der Waals surface area contributed by atoms with Crippen molar-refractivity contribution in [2.45, 2.75) is 12.5 Å². The van der Waals surface area contributed by atoms with Crippen LogP contribution in [0.1, 0.15) is 18.2 Å². The minimum atomic E-state index is -0.433. The quantitative estimate of drug-likeness (QED) is 0.621. The molecule has 1 atom stereocenters. The minimum Gasteiger partial charge on any atom is -0.494 e. The molecule has 0 bridgehead atoms. The Balaban J connectivity index is 1.84. The van der Waals surface area contributed by atoms with Crippen molar-refractivity contribution in [1.82, 2.24) is 5.32 Å². The first-order valence-electron chi connectivity index (χ1n) is 6.28. The first kappa shape index (κ1) is 14.1. The summed E-state index contributed by atoms with van der Waals surface area (Å²) in [6.45, 7) is 0.490. The summed E-state index contributed by atoms with van der Waals surface area (Å²) in [6.07, 6.45) is 2.37. The normalized spacial score (nSPS) is 12.1. The predicted octanol–water partition coefficient (Wildman–Crippen LogP) is 2.92. The molecule has 106 valence electrons. The monoisotopic (exact) mass is 276 g/mol. The number of rotatable bonds is 7. The molecule has 0 amide bonds. The average molecular weight is 276 g/mol. The Kier molecular flexibility index (Phi) is 4.73. The summed E-state index contributed by atoms with van der Waals surface area (Å²) in [4.78, 5) is 10.1. The zero-order valence-electron chi connectivity index (χ0n) is 11.1. The van der Waals surface area contributed by atoms with Crippen LogP contribution >= 0.6 is 0 Å². The molecule has 6 nitrogen and oxygen atoms in total. The van der Waals surface area contributed by atoms with Crippen molar-refractivity contribution in [3.63, 3.8) is 0 Å². The lowest BCUT2D eigenvalue weighted by Crippen LogP contribution is -2.18. The van der Waals surface area contributed by atoms with E-state index in [-0.39, 0.29) is 11.7 Å². The van der Waals surface area contributed by atoms with E-state index in [1.807, 2.05) is 19.2 Å². The van der Waals surface area contributed by atoms with Gasteiger partial charge in [0.15, 0.2) is 0 Å². The molecule has 2 aromatic rings. The van der Waals surface area contributed by atoms with Crippen LogP contribution in [0.4, 0.5) is 5.69 Å². The Bertz CT molecular complexity index is 537. The lowest BCUT2D eigenvalue weighted by atomic mass is 10.1. The van der Waals surface area contributed by atoms with E-state index >= 15 is 0 Å². The Morgan fingerprint density at radius 2 is 2.10 bits per heavy atom. The first-order valence-corrected chi connectivity index (χ1v) is 6.28. The van der Waals surface area contributed by atoms with Gasteiger partial charge in [-0.1, -0.05) is 0 Å². The minimum absolute atomic E-state index is 0.0565. The highest BCUT2D eigenvalue weighted by Gasteiger charge is 2.12. The molecule has 6 heteroatoms. The molecule has 1 aromatic carbocycles. The van der Waals surface area contributed by atoms with E-state index in [1.165, 1.54) is 12.1 Å². The molecule has 1 unspecified atom stereocenters. The third kappa shape index (κ3) is 3.58. The third-order valence-electron chi connectivity index (χ3n) is 2.96. The van der Waals surface area contributed by atoms with Crippen molar-refractivity contribution in [2.24, 2.45) is 0 Å². The summed E-state index contributed by atoms with van der Waals surface area (Å²) >= 11 is 0. The summed E-state index contributed by atoms with van der Waals surface area (Å²) in [6, 6.07) is 9.89. The van der Waals surface area contributed by atoms with Crippen LogP contribution in [0.3, 0.4) is 0 Å². The lowest BCUT2D eigenvalue weighted by Gasteiger charge is -2.14. The number of furan rings is 1. The average Bonchev–Trinajstić information content (AvgIpc) is 2.98. The molecule has 0 saturated heterocycles. The highest BCUT2D eigenvalue weighted by molar-refractivity contribution is 5.35. The van der Waals surface area contributed by atoms with Crippen LogP contribution in [0.25, 0.3) is 0 Å². The number of nitro groups is 1. The fraction of sp³-hybridized carbons (Fsp3) is 0.286. The zero-order chi connectivity index (χ0) is 14.4. The van der Waals surface area contributed by atoms with Gasteiger partial charge in [0.25, 0.3) is 5.69 Å². The van der Waals surface area contributed by atoms with E-state index < -0.39 is 4.92 Å². The summed E-state index contributed by atoms with van der Waals surface area (Å²) < 4.78 is 10.9. The topological polar surface area (TPSA) is 77.5 Å². The smallest absolute Gasteiger partial charge is 0.269 e. The molecule has 0 saturated carbocycles. The Morgan fingerprint density at radius 3 is 2.65 bits per heavy atom. The maximum absolute atomic E-state index is 10.5. The van der Waals surface area contributed by atoms with E-state index in [0.717, 1.165) is 12.2 Å². The second-order valence-corrected chi connectivity index (χ2v) is 4.24. The van der Waals surface area contributed by atoms with Crippen molar-refractivity contribution in [2.75, 3.05) is 13.7 Å². The van der Waals surface area contributed by atoms with E-state index in [4.69, 9.17) is 9.15 Å². The number of nitrogens with one attached hydrogen (secondary N) is 1. The number of hydrogen-bond donors (Lipinski definition) is 1. The molecule has 2 rings (SSSR count). The number of hydrogen-bond acceptors (Lipinski definition) is 5. The van der Waals surface area contributed by atoms with Crippen LogP contribution in [0.15, 0.2) is 47.1 Å². The Hall–Kier alpha value is -2.34. The Morgan fingerprint density at radius 1 is 1.35 bits per heavy atom. The van der Waals surface area contributed by atoms with Crippen molar-refractivity contribution in [1.29, 1.82) is 0 Å². The molecule has 1 N–H and O–H groups in total. The summed E-state index contributed by atoms with van der Waals surface area (Å²) in [7, 11) is 1.86. The van der Waals surface area contributed by atoms with E-state index in [9.17, 15) is 10.1 Å². The van der Waals surface area contributed by atoms with Crippen LogP contribution in [-0.4, -0.2) is 18.6 Å². The van der Waals surface area contributed by atoms with Crippen LogP contribution in [0.5, 0.6) is 5.75 Å². The van der Waals surface area contributed by atoms with E-state index in [2.05, 4.69) is 5.32 Å². The summed E-state index contributed by atoms with van der Waals surface area (Å²) in [5.74, 6) is 1.48. The molecule has 0 aliphatic rings. The molecular weight excluding hydrogens is 260 g/mol. The standard InChI is InChI=1S/C14H16N2O4/c1-15-13(14-3-2-9-20-14)8-10-19-12-6-4-11(5-7-12)16(17)18/h2-7,9,13,15H,8,10H2,1H3. The molecule has 1 aromatic heterocycles. The molecule has 1 heterocycles. The van der Waals surface area contributed by atoms with Gasteiger partial charge in [-0.3, -0.25) is 10.1 Å². The molecular formula is C14H16N2O4. The van der Waals surface area contributed by atoms with Crippen LogP contribution in [0.2, 0.25) is 0 Å². The summed E-state index contributed by atoms with van der Waals surface area (Å²) in [5.41, 5.74) is 0.0565. The maximum Gasteiger partial charge on any atom is 0.269 e. The molecule has 0 radical (unpaired) electrons. The van der Waals surface area contributed by atoms with E-state index in [0.29, 0.717) is 12.4 Å². The molecule has 0 aliphatic heterocycles. The second kappa shape index (κ2) is 6.72. The van der Waals surface area contributed by atoms with Crippen LogP contribution < -0.4 is 10.1 Å². The highest BCUT2D eigenvalue weighted by Crippen LogP contribution is 2.20. The fourth-order valence-electron chi connectivity index (χ4n) is 1.88. The van der Waals surface area contributed by atoms with Gasteiger partial charge < -0.3 is 14.5 Å². The van der Waals surface area contributed by atoms with Crippen LogP contribution in [0, 0.1) is 10.1 Å². The zero-order valence-corrected chi connectivity index (χ0v) is 11.1. The highest BCUT2D eigenvalue weighted by atomic mass is 16.6. The number of non-ortho nitro benzene ring substituents is 1. The van der Waals surface area contributed by atoms with Gasteiger partial charge >= 0.3 is 0 Å². The SMILES string of the molecule is CNC(CCOc1ccc([N+](=O)[O-])cc1)c1ccco1. The third-order valence-corrected chi connectivity index (χ3v) is 2.96. The van der Waals surface area contributed by atoms with Gasteiger partial charge in [-0.15, -0.1) is 0 Å². The Labute approximate surface area is 116 Å². The van der Waals surface area contributed by atoms with Gasteiger partial charge in [0.1, 0.15) is 11.5 Å². The van der Waals surface area contributed by atoms with Gasteiger partial charge in [0.05, 0.1) is 23.8 Å². The number of benzene rings is 1. The molecule has 0 spiro atoms. The van der Waals surface area contributed by atoms with Gasteiger partial charge in [-0.25, -0.2) is 0 Å². The first-order chi connectivity index (χ1) is 9.70. The van der Waals surface area contributed by atoms with E-state index in [1.54, 1.807) is 18.4 Å². The maximum atomic E-state index is 10.5. The molecule has 20 heavy (non-hydrogen) atoms. The van der Waals surface area contributed by atoms with Gasteiger partial charge in [-0.2, -0.15) is 0 Å². The second-order valence-electron chi connectivity index (χ2n) is 4.24.